The van der Waals surface area contributed by atoms with Crippen molar-refractivity contribution < 1.29 is 14.2 Å². The highest BCUT2D eigenvalue weighted by Gasteiger charge is 2.31. The number of hydrogen-bond donors (Lipinski definition) is 0. The summed E-state index contributed by atoms with van der Waals surface area (Å²) in [6.07, 6.45) is 0. The minimum absolute atomic E-state index is 0.0678. The van der Waals surface area contributed by atoms with Crippen molar-refractivity contribution >= 4 is 0 Å². The van der Waals surface area contributed by atoms with E-state index < -0.39 is 0 Å². The first-order valence-corrected chi connectivity index (χ1v) is 11.5. The molecule has 0 saturated carbocycles. The lowest BCUT2D eigenvalue weighted by atomic mass is 9.77. The van der Waals surface area contributed by atoms with Gasteiger partial charge in [0.2, 0.25) is 5.75 Å². The molecule has 2 heterocycles. The molecule has 1 aromatic heterocycles. The molecular weight excluding hydrogens is 412 g/mol. The van der Waals surface area contributed by atoms with Gasteiger partial charge in [0.15, 0.2) is 11.5 Å². The third-order valence-electron chi connectivity index (χ3n) is 6.30. The van der Waals surface area contributed by atoms with Gasteiger partial charge in [-0.25, -0.2) is 0 Å². The predicted molar refractivity (Wildman–Crippen MR) is 132 cm³/mol. The van der Waals surface area contributed by atoms with Crippen molar-refractivity contribution in [2.75, 3.05) is 33.9 Å². The molecular formula is C28H34N2O3. The standard InChI is InChI=1S/C28H34N2O3/c1-19-14-22(15-20(2)29-19)21-10-11-24-23(16-21)17-30(18-28(24,3)4)12-13-33-27-25(31-5)8-7-9-26(27)32-6/h7-11,14-16H,12-13,17-18H2,1-6H3. The van der Waals surface area contributed by atoms with Gasteiger partial charge in [-0.1, -0.05) is 32.0 Å². The van der Waals surface area contributed by atoms with E-state index in [2.05, 4.69) is 67.9 Å². The summed E-state index contributed by atoms with van der Waals surface area (Å²) in [7, 11) is 3.30. The minimum Gasteiger partial charge on any atom is -0.493 e. The number of aryl methyl sites for hydroxylation is 2. The molecule has 5 nitrogen and oxygen atoms in total. The number of ether oxygens (including phenoxy) is 3. The van der Waals surface area contributed by atoms with Crippen LogP contribution in [0.5, 0.6) is 17.2 Å². The van der Waals surface area contributed by atoms with Crippen LogP contribution in [-0.2, 0) is 12.0 Å². The summed E-state index contributed by atoms with van der Waals surface area (Å²) in [4.78, 5) is 7.00. The summed E-state index contributed by atoms with van der Waals surface area (Å²) in [5, 5.41) is 0. The zero-order valence-electron chi connectivity index (χ0n) is 20.6. The van der Waals surface area contributed by atoms with Crippen molar-refractivity contribution in [3.63, 3.8) is 0 Å². The number of nitrogens with zero attached hydrogens (tertiary/aromatic N) is 2. The third kappa shape index (κ3) is 4.98. The summed E-state index contributed by atoms with van der Waals surface area (Å²) < 4.78 is 17.0. The molecule has 0 N–H and O–H groups in total. The Morgan fingerprint density at radius 3 is 2.21 bits per heavy atom. The molecule has 5 heteroatoms. The van der Waals surface area contributed by atoms with E-state index in [1.807, 2.05) is 18.2 Å². The van der Waals surface area contributed by atoms with Crippen LogP contribution in [0.15, 0.2) is 48.5 Å². The van der Waals surface area contributed by atoms with Gasteiger partial charge in [0, 0.05) is 36.4 Å². The van der Waals surface area contributed by atoms with Gasteiger partial charge in [0.25, 0.3) is 0 Å². The molecule has 3 aromatic rings. The first-order chi connectivity index (χ1) is 15.8. The summed E-state index contributed by atoms with van der Waals surface area (Å²) in [6, 6.07) is 16.9. The largest absolute Gasteiger partial charge is 0.493 e. The van der Waals surface area contributed by atoms with E-state index in [-0.39, 0.29) is 5.41 Å². The molecule has 0 saturated heterocycles. The smallest absolute Gasteiger partial charge is 0.203 e. The highest BCUT2D eigenvalue weighted by Crippen LogP contribution is 2.38. The van der Waals surface area contributed by atoms with E-state index in [0.29, 0.717) is 23.9 Å². The number of fused-ring (bicyclic) bond motifs is 1. The number of benzene rings is 2. The van der Waals surface area contributed by atoms with Crippen molar-refractivity contribution in [1.82, 2.24) is 9.88 Å². The van der Waals surface area contributed by atoms with Crippen LogP contribution in [0, 0.1) is 13.8 Å². The Hall–Kier alpha value is -3.05. The van der Waals surface area contributed by atoms with Crippen LogP contribution in [0.25, 0.3) is 11.1 Å². The minimum atomic E-state index is 0.0678. The summed E-state index contributed by atoms with van der Waals surface area (Å²) in [5.41, 5.74) is 7.45. The maximum atomic E-state index is 6.13. The van der Waals surface area contributed by atoms with Gasteiger partial charge in [-0.15, -0.1) is 0 Å². The van der Waals surface area contributed by atoms with E-state index in [0.717, 1.165) is 31.0 Å². The van der Waals surface area contributed by atoms with Crippen molar-refractivity contribution in [2.24, 2.45) is 0 Å². The maximum absolute atomic E-state index is 6.13. The Morgan fingerprint density at radius 2 is 1.58 bits per heavy atom. The predicted octanol–water partition coefficient (Wildman–Crippen LogP) is 5.55. The first kappa shape index (κ1) is 23.1. The van der Waals surface area contributed by atoms with E-state index in [4.69, 9.17) is 14.2 Å². The van der Waals surface area contributed by atoms with Crippen molar-refractivity contribution in [3.05, 3.63) is 71.0 Å². The average Bonchev–Trinajstić information content (AvgIpc) is 2.77. The summed E-state index contributed by atoms with van der Waals surface area (Å²) in [6.45, 7) is 12.0. The van der Waals surface area contributed by atoms with E-state index in [1.54, 1.807) is 14.2 Å². The van der Waals surface area contributed by atoms with Gasteiger partial charge in [-0.2, -0.15) is 0 Å². The molecule has 0 aliphatic carbocycles. The highest BCUT2D eigenvalue weighted by molar-refractivity contribution is 5.66. The number of rotatable bonds is 7. The molecule has 1 aliphatic rings. The SMILES string of the molecule is COc1cccc(OC)c1OCCN1Cc2cc(-c3cc(C)nc(C)c3)ccc2C(C)(C)C1. The monoisotopic (exact) mass is 446 g/mol. The second-order valence-corrected chi connectivity index (χ2v) is 9.45. The van der Waals surface area contributed by atoms with Gasteiger partial charge in [0.05, 0.1) is 14.2 Å². The maximum Gasteiger partial charge on any atom is 0.203 e. The third-order valence-corrected chi connectivity index (χ3v) is 6.30. The molecule has 0 bridgehead atoms. The van der Waals surface area contributed by atoms with Crippen molar-refractivity contribution in [1.29, 1.82) is 0 Å². The van der Waals surface area contributed by atoms with Crippen molar-refractivity contribution in [2.45, 2.75) is 39.7 Å². The lowest BCUT2D eigenvalue weighted by Gasteiger charge is -2.40. The molecule has 0 fully saturated rings. The van der Waals surface area contributed by atoms with Gasteiger partial charge >= 0.3 is 0 Å². The lowest BCUT2D eigenvalue weighted by molar-refractivity contribution is 0.156. The van der Waals surface area contributed by atoms with Crippen molar-refractivity contribution in [3.8, 4) is 28.4 Å². The van der Waals surface area contributed by atoms with E-state index in [9.17, 15) is 0 Å². The molecule has 0 amide bonds. The van der Waals surface area contributed by atoms with Gasteiger partial charge in [0.1, 0.15) is 6.61 Å². The average molecular weight is 447 g/mol. The van der Waals surface area contributed by atoms with Crippen LogP contribution < -0.4 is 14.2 Å². The normalized spacial score (nSPS) is 15.1. The Labute approximate surface area is 197 Å². The molecule has 0 radical (unpaired) electrons. The quantitative estimate of drug-likeness (QED) is 0.476. The fourth-order valence-corrected chi connectivity index (χ4v) is 4.90. The van der Waals surface area contributed by atoms with Crippen LogP contribution in [0.4, 0.5) is 0 Å². The second kappa shape index (κ2) is 9.44. The molecule has 0 spiro atoms. The molecule has 0 atom stereocenters. The van der Waals surface area contributed by atoms with Crippen LogP contribution in [0.3, 0.4) is 0 Å². The fourth-order valence-electron chi connectivity index (χ4n) is 4.90. The van der Waals surface area contributed by atoms with Crippen LogP contribution in [0.2, 0.25) is 0 Å². The molecule has 33 heavy (non-hydrogen) atoms. The molecule has 0 unspecified atom stereocenters. The Kier molecular flexibility index (Phi) is 6.61. The molecule has 1 aliphatic heterocycles. The summed E-state index contributed by atoms with van der Waals surface area (Å²) in [5.74, 6) is 2.03. The number of methoxy groups -OCH3 is 2. The molecule has 4 rings (SSSR count). The van der Waals surface area contributed by atoms with Crippen LogP contribution in [0.1, 0.15) is 36.4 Å². The molecule has 2 aromatic carbocycles. The Bertz CT molecular complexity index is 1100. The van der Waals surface area contributed by atoms with Gasteiger partial charge in [-0.05, 0) is 66.4 Å². The molecule has 174 valence electrons. The number of pyridine rings is 1. The fraction of sp³-hybridized carbons (Fsp3) is 0.393. The van der Waals surface area contributed by atoms with Gasteiger partial charge < -0.3 is 14.2 Å². The second-order valence-electron chi connectivity index (χ2n) is 9.45. The van der Waals surface area contributed by atoms with E-state index >= 15 is 0 Å². The number of para-hydroxylation sites is 1. The van der Waals surface area contributed by atoms with Crippen LogP contribution >= 0.6 is 0 Å². The lowest BCUT2D eigenvalue weighted by Crippen LogP contribution is -2.43. The van der Waals surface area contributed by atoms with Crippen LogP contribution in [-0.4, -0.2) is 43.8 Å². The Balaban J connectivity index is 1.52. The highest BCUT2D eigenvalue weighted by atomic mass is 16.5. The first-order valence-electron chi connectivity index (χ1n) is 11.5. The number of aromatic nitrogens is 1. The number of hydrogen-bond acceptors (Lipinski definition) is 5. The van der Waals surface area contributed by atoms with E-state index in [1.165, 1.54) is 22.3 Å². The zero-order chi connectivity index (χ0) is 23.6. The summed E-state index contributed by atoms with van der Waals surface area (Å²) >= 11 is 0. The topological polar surface area (TPSA) is 43.8 Å². The van der Waals surface area contributed by atoms with Gasteiger partial charge in [-0.3, -0.25) is 9.88 Å². The zero-order valence-corrected chi connectivity index (χ0v) is 20.6. The Morgan fingerprint density at radius 1 is 0.909 bits per heavy atom.